The number of aliphatic hydroxyl groups excluding tert-OH is 1. The van der Waals surface area contributed by atoms with E-state index in [9.17, 15) is 43.2 Å². The zero-order valence-corrected chi connectivity index (χ0v) is 65.3. The van der Waals surface area contributed by atoms with E-state index in [2.05, 4.69) is 48.5 Å². The molecule has 0 saturated heterocycles. The molecule has 0 bridgehead atoms. The molecule has 17 nitrogen and oxygen atoms in total. The number of hydrogen-bond acceptors (Lipinski definition) is 15. The third-order valence-corrected chi connectivity index (χ3v) is 20.0. The Balaban J connectivity index is 5.22. The van der Waals surface area contributed by atoms with Gasteiger partial charge in [-0.3, -0.25) is 37.3 Å². The summed E-state index contributed by atoms with van der Waals surface area (Å²) >= 11 is 0. The number of phosphoric ester groups is 2. The van der Waals surface area contributed by atoms with Crippen LogP contribution in [0.5, 0.6) is 0 Å². The quantitative estimate of drug-likeness (QED) is 0.0222. The molecule has 5 atom stereocenters. The molecule has 0 aliphatic rings. The summed E-state index contributed by atoms with van der Waals surface area (Å²) in [7, 11) is -9.91. The predicted octanol–water partition coefficient (Wildman–Crippen LogP) is 23.0. The molecule has 0 aliphatic heterocycles. The lowest BCUT2D eigenvalue weighted by Gasteiger charge is -2.21. The Hall–Kier alpha value is -1.94. The molecule has 0 aromatic rings. The molecule has 0 aliphatic carbocycles. The molecule has 0 aromatic carbocycles. The van der Waals surface area contributed by atoms with E-state index in [4.69, 9.17) is 37.0 Å². The Bertz CT molecular complexity index is 1890. The maximum atomic E-state index is 13.1. The van der Waals surface area contributed by atoms with Gasteiger partial charge in [0.25, 0.3) is 0 Å². The lowest BCUT2D eigenvalue weighted by molar-refractivity contribution is -0.161. The Labute approximate surface area is 594 Å². The predicted molar refractivity (Wildman–Crippen MR) is 395 cm³/mol. The van der Waals surface area contributed by atoms with Crippen LogP contribution in [-0.2, 0) is 65.4 Å². The number of ether oxygens (including phenoxy) is 4. The van der Waals surface area contributed by atoms with Crippen molar-refractivity contribution in [1.82, 2.24) is 0 Å². The first-order chi connectivity index (χ1) is 46.7. The van der Waals surface area contributed by atoms with Crippen molar-refractivity contribution in [3.63, 3.8) is 0 Å². The van der Waals surface area contributed by atoms with Gasteiger partial charge in [-0.1, -0.05) is 350 Å². The molecule has 0 aromatic heterocycles. The molecule has 0 saturated carbocycles. The van der Waals surface area contributed by atoms with E-state index in [0.29, 0.717) is 25.7 Å². The number of aliphatic hydroxyl groups is 1. The van der Waals surface area contributed by atoms with Crippen LogP contribution in [0.3, 0.4) is 0 Å². The van der Waals surface area contributed by atoms with E-state index < -0.39 is 97.5 Å². The lowest BCUT2D eigenvalue weighted by Crippen LogP contribution is -2.30. The topological polar surface area (TPSA) is 237 Å². The first kappa shape index (κ1) is 95.1. The average molecular weight is 1420 g/mol. The number of carbonyl (C=O) groups is 4. The van der Waals surface area contributed by atoms with Gasteiger partial charge in [-0.2, -0.15) is 0 Å². The second-order valence-electron chi connectivity index (χ2n) is 29.5. The largest absolute Gasteiger partial charge is 0.472 e. The molecule has 97 heavy (non-hydrogen) atoms. The molecule has 0 amide bonds. The van der Waals surface area contributed by atoms with Gasteiger partial charge in [-0.25, -0.2) is 9.13 Å². The Morgan fingerprint density at radius 2 is 0.474 bits per heavy atom. The summed E-state index contributed by atoms with van der Waals surface area (Å²) in [6.07, 6.45) is 55.5. The van der Waals surface area contributed by atoms with Crippen molar-refractivity contribution in [1.29, 1.82) is 0 Å². The number of esters is 4. The van der Waals surface area contributed by atoms with Crippen molar-refractivity contribution in [2.24, 2.45) is 17.8 Å². The highest BCUT2D eigenvalue weighted by Gasteiger charge is 2.30. The fourth-order valence-electron chi connectivity index (χ4n) is 12.0. The van der Waals surface area contributed by atoms with Crippen molar-refractivity contribution in [2.75, 3.05) is 39.6 Å². The summed E-state index contributed by atoms with van der Waals surface area (Å²) < 4.78 is 68.6. The SMILES string of the molecule is CCCCCCCCCCCC(=O)OC[C@H](COP(=O)(O)OC[C@H](O)COP(=O)(O)OC[C@@H](COC(=O)CCCCCCCCCCCCCCCCCC(C)C)OC(=O)CCCCCCCCCCCCCCCCCC(C)C)OC(=O)CCCCCCCCCCCC(C)C. The van der Waals surface area contributed by atoms with Crippen molar-refractivity contribution in [2.45, 2.75) is 420 Å². The third kappa shape index (κ3) is 72.2. The van der Waals surface area contributed by atoms with E-state index >= 15 is 0 Å². The van der Waals surface area contributed by atoms with Crippen molar-refractivity contribution < 1.29 is 80.2 Å². The van der Waals surface area contributed by atoms with E-state index in [-0.39, 0.29) is 25.7 Å². The van der Waals surface area contributed by atoms with Gasteiger partial charge in [0.05, 0.1) is 26.4 Å². The second-order valence-corrected chi connectivity index (χ2v) is 32.4. The Kier molecular flexibility index (Phi) is 67.1. The molecular weight excluding hydrogens is 1270 g/mol. The summed E-state index contributed by atoms with van der Waals surface area (Å²) in [6, 6.07) is 0. The van der Waals surface area contributed by atoms with Gasteiger partial charge in [-0.15, -0.1) is 0 Å². The molecule has 0 spiro atoms. The van der Waals surface area contributed by atoms with Crippen molar-refractivity contribution in [3.8, 4) is 0 Å². The fraction of sp³-hybridized carbons (Fsp3) is 0.949. The van der Waals surface area contributed by atoms with Gasteiger partial charge in [0, 0.05) is 25.7 Å². The summed E-state index contributed by atoms with van der Waals surface area (Å²) in [5.41, 5.74) is 0. The van der Waals surface area contributed by atoms with E-state index in [1.165, 1.54) is 212 Å². The summed E-state index contributed by atoms with van der Waals surface area (Å²) in [5, 5.41) is 10.6. The molecule has 2 unspecified atom stereocenters. The second kappa shape index (κ2) is 68.5. The number of hydrogen-bond donors (Lipinski definition) is 3. The van der Waals surface area contributed by atoms with Gasteiger partial charge in [0.1, 0.15) is 19.3 Å². The van der Waals surface area contributed by atoms with Crippen LogP contribution >= 0.6 is 15.6 Å². The Morgan fingerprint density at radius 1 is 0.278 bits per heavy atom. The monoisotopic (exact) mass is 1420 g/mol. The first-order valence-corrected chi connectivity index (χ1v) is 43.3. The van der Waals surface area contributed by atoms with Gasteiger partial charge in [0.2, 0.25) is 0 Å². The van der Waals surface area contributed by atoms with Crippen LogP contribution in [-0.4, -0.2) is 96.7 Å². The molecule has 0 fully saturated rings. The van der Waals surface area contributed by atoms with Gasteiger partial charge >= 0.3 is 39.5 Å². The minimum Gasteiger partial charge on any atom is -0.462 e. The molecular formula is C78H152O17P2. The van der Waals surface area contributed by atoms with Crippen LogP contribution in [0.15, 0.2) is 0 Å². The van der Waals surface area contributed by atoms with Crippen LogP contribution in [0.1, 0.15) is 402 Å². The number of rotatable bonds is 76. The van der Waals surface area contributed by atoms with E-state index in [1.54, 1.807) is 0 Å². The van der Waals surface area contributed by atoms with Crippen LogP contribution in [0.25, 0.3) is 0 Å². The van der Waals surface area contributed by atoms with Crippen LogP contribution < -0.4 is 0 Å². The summed E-state index contributed by atoms with van der Waals surface area (Å²) in [6.45, 7) is 11.9. The normalized spacial score (nSPS) is 14.0. The molecule has 0 radical (unpaired) electrons. The molecule has 0 rings (SSSR count). The zero-order valence-electron chi connectivity index (χ0n) is 63.5. The standard InChI is InChI=1S/C78H152O17P2/c1-8-9-10-11-12-28-38-45-52-59-75(80)88-65-73(95-78(83)62-55-48-41-34-27-31-37-44-51-58-71(6)7)67-92-96(84,85)90-63-72(79)64-91-97(86,87)93-68-74(94-77(82)61-54-47-40-33-26-22-18-14-16-20-24-30-36-43-50-57-70(4)5)66-89-76(81)60-53-46-39-32-25-21-17-13-15-19-23-29-35-42-49-56-69(2)3/h69-74,79H,8-68H2,1-7H3,(H,84,85)(H,86,87)/t72-,73+,74+/m0/s1. The van der Waals surface area contributed by atoms with Crippen LogP contribution in [0, 0.1) is 17.8 Å². The fourth-order valence-corrected chi connectivity index (χ4v) is 13.5. The molecule has 0 heterocycles. The highest BCUT2D eigenvalue weighted by Crippen LogP contribution is 2.45. The minimum atomic E-state index is -4.96. The van der Waals surface area contributed by atoms with Crippen molar-refractivity contribution >= 4 is 39.5 Å². The lowest BCUT2D eigenvalue weighted by atomic mass is 10.0. The number of carbonyl (C=O) groups excluding carboxylic acids is 4. The number of phosphoric acid groups is 2. The van der Waals surface area contributed by atoms with E-state index in [1.807, 2.05) is 0 Å². The third-order valence-electron chi connectivity index (χ3n) is 18.1. The van der Waals surface area contributed by atoms with Gasteiger partial charge in [0.15, 0.2) is 12.2 Å². The first-order valence-electron chi connectivity index (χ1n) is 40.3. The van der Waals surface area contributed by atoms with Gasteiger partial charge < -0.3 is 33.8 Å². The summed E-state index contributed by atoms with van der Waals surface area (Å²) in [4.78, 5) is 72.8. The minimum absolute atomic E-state index is 0.105. The van der Waals surface area contributed by atoms with Crippen LogP contribution in [0.4, 0.5) is 0 Å². The Morgan fingerprint density at radius 3 is 0.701 bits per heavy atom. The maximum absolute atomic E-state index is 13.1. The molecule has 19 heteroatoms. The maximum Gasteiger partial charge on any atom is 0.472 e. The van der Waals surface area contributed by atoms with E-state index in [0.717, 1.165) is 108 Å². The van der Waals surface area contributed by atoms with Crippen molar-refractivity contribution in [3.05, 3.63) is 0 Å². The van der Waals surface area contributed by atoms with Crippen LogP contribution in [0.2, 0.25) is 0 Å². The summed E-state index contributed by atoms with van der Waals surface area (Å²) in [5.74, 6) is 0.229. The smallest absolute Gasteiger partial charge is 0.462 e. The molecule has 3 N–H and O–H groups in total. The highest BCUT2D eigenvalue weighted by atomic mass is 31.2. The molecule has 576 valence electrons. The average Bonchev–Trinajstić information content (AvgIpc) is 1.17. The number of unbranched alkanes of at least 4 members (excludes halogenated alkanes) is 44. The highest BCUT2D eigenvalue weighted by molar-refractivity contribution is 7.47. The zero-order chi connectivity index (χ0) is 71.6. The van der Waals surface area contributed by atoms with Gasteiger partial charge in [-0.05, 0) is 43.4 Å².